The summed E-state index contributed by atoms with van der Waals surface area (Å²) in [7, 11) is 2.97. The SMILES string of the molecule is COc1ccc(OC)c(NC(=O)C(=O)Nc2ccc(N3CCCC3=O)c(C)c2)c1. The van der Waals surface area contributed by atoms with Gasteiger partial charge >= 0.3 is 11.8 Å². The van der Waals surface area contributed by atoms with Crippen molar-refractivity contribution < 1.29 is 23.9 Å². The van der Waals surface area contributed by atoms with E-state index in [4.69, 9.17) is 9.47 Å². The maximum Gasteiger partial charge on any atom is 0.314 e. The summed E-state index contributed by atoms with van der Waals surface area (Å²) in [4.78, 5) is 38.3. The Balaban J connectivity index is 1.69. The maximum atomic E-state index is 12.3. The lowest BCUT2D eigenvalue weighted by atomic mass is 10.1. The first-order chi connectivity index (χ1) is 13.9. The van der Waals surface area contributed by atoms with E-state index in [1.54, 1.807) is 41.3 Å². The summed E-state index contributed by atoms with van der Waals surface area (Å²) in [5, 5.41) is 5.10. The second-order valence-electron chi connectivity index (χ2n) is 6.62. The van der Waals surface area contributed by atoms with E-state index >= 15 is 0 Å². The molecule has 0 atom stereocenters. The molecule has 3 rings (SSSR count). The lowest BCUT2D eigenvalue weighted by molar-refractivity contribution is -0.133. The fourth-order valence-electron chi connectivity index (χ4n) is 3.22. The quantitative estimate of drug-likeness (QED) is 0.756. The Morgan fingerprint density at radius 3 is 2.38 bits per heavy atom. The third-order valence-corrected chi connectivity index (χ3v) is 4.68. The van der Waals surface area contributed by atoms with Gasteiger partial charge in [-0.2, -0.15) is 0 Å². The average Bonchev–Trinajstić information content (AvgIpc) is 3.13. The zero-order valence-corrected chi connectivity index (χ0v) is 16.6. The van der Waals surface area contributed by atoms with E-state index in [0.29, 0.717) is 35.8 Å². The summed E-state index contributed by atoms with van der Waals surface area (Å²) in [5.74, 6) is -0.643. The summed E-state index contributed by atoms with van der Waals surface area (Å²) in [6, 6.07) is 10.1. The van der Waals surface area contributed by atoms with Crippen LogP contribution in [-0.4, -0.2) is 38.5 Å². The van der Waals surface area contributed by atoms with Gasteiger partial charge in [0.25, 0.3) is 0 Å². The molecule has 0 radical (unpaired) electrons. The van der Waals surface area contributed by atoms with E-state index in [-0.39, 0.29) is 5.91 Å². The molecule has 0 aromatic heterocycles. The van der Waals surface area contributed by atoms with Gasteiger partial charge in [-0.3, -0.25) is 14.4 Å². The molecule has 2 aromatic carbocycles. The fraction of sp³-hybridized carbons (Fsp3) is 0.286. The van der Waals surface area contributed by atoms with Gasteiger partial charge in [-0.15, -0.1) is 0 Å². The predicted molar refractivity (Wildman–Crippen MR) is 110 cm³/mol. The molecule has 8 nitrogen and oxygen atoms in total. The Labute approximate surface area is 168 Å². The third-order valence-electron chi connectivity index (χ3n) is 4.68. The summed E-state index contributed by atoms with van der Waals surface area (Å²) >= 11 is 0. The number of carbonyl (C=O) groups excluding carboxylic acids is 3. The van der Waals surface area contributed by atoms with Crippen LogP contribution in [0.1, 0.15) is 18.4 Å². The van der Waals surface area contributed by atoms with Gasteiger partial charge in [0.1, 0.15) is 11.5 Å². The highest BCUT2D eigenvalue weighted by atomic mass is 16.5. The van der Waals surface area contributed by atoms with E-state index < -0.39 is 11.8 Å². The molecule has 2 aromatic rings. The van der Waals surface area contributed by atoms with Gasteiger partial charge in [-0.25, -0.2) is 0 Å². The van der Waals surface area contributed by atoms with Crippen LogP contribution in [0.25, 0.3) is 0 Å². The van der Waals surface area contributed by atoms with Gasteiger partial charge in [0, 0.05) is 30.4 Å². The zero-order chi connectivity index (χ0) is 21.0. The number of methoxy groups -OCH3 is 2. The normalized spacial score (nSPS) is 13.2. The molecule has 1 heterocycles. The van der Waals surface area contributed by atoms with Gasteiger partial charge in [-0.1, -0.05) is 0 Å². The second kappa shape index (κ2) is 8.64. The highest BCUT2D eigenvalue weighted by molar-refractivity contribution is 6.43. The van der Waals surface area contributed by atoms with E-state index in [1.165, 1.54) is 14.2 Å². The number of hydrogen-bond donors (Lipinski definition) is 2. The van der Waals surface area contributed by atoms with Crippen molar-refractivity contribution in [2.75, 3.05) is 36.3 Å². The molecular weight excluding hydrogens is 374 g/mol. The molecule has 1 saturated heterocycles. The lowest BCUT2D eigenvalue weighted by Gasteiger charge is -2.19. The molecule has 29 heavy (non-hydrogen) atoms. The summed E-state index contributed by atoms with van der Waals surface area (Å²) in [6.07, 6.45) is 1.39. The van der Waals surface area contributed by atoms with E-state index in [2.05, 4.69) is 10.6 Å². The number of benzene rings is 2. The van der Waals surface area contributed by atoms with Gasteiger partial charge in [0.15, 0.2) is 0 Å². The van der Waals surface area contributed by atoms with Gasteiger partial charge in [0.05, 0.1) is 19.9 Å². The highest BCUT2D eigenvalue weighted by Gasteiger charge is 2.23. The van der Waals surface area contributed by atoms with Crippen molar-refractivity contribution in [1.29, 1.82) is 0 Å². The monoisotopic (exact) mass is 397 g/mol. The van der Waals surface area contributed by atoms with Crippen molar-refractivity contribution in [2.24, 2.45) is 0 Å². The van der Waals surface area contributed by atoms with Crippen molar-refractivity contribution >= 4 is 34.8 Å². The van der Waals surface area contributed by atoms with Crippen molar-refractivity contribution in [3.8, 4) is 11.5 Å². The Hall–Kier alpha value is -3.55. The Morgan fingerprint density at radius 2 is 1.76 bits per heavy atom. The number of nitrogens with one attached hydrogen (secondary N) is 2. The number of carbonyl (C=O) groups is 3. The molecule has 3 amide bonds. The lowest BCUT2D eigenvalue weighted by Crippen LogP contribution is -2.29. The number of amides is 3. The number of ether oxygens (including phenoxy) is 2. The smallest absolute Gasteiger partial charge is 0.314 e. The van der Waals surface area contributed by atoms with Crippen LogP contribution in [-0.2, 0) is 14.4 Å². The van der Waals surface area contributed by atoms with Gasteiger partial charge in [0.2, 0.25) is 5.91 Å². The molecule has 1 fully saturated rings. The molecule has 1 aliphatic heterocycles. The van der Waals surface area contributed by atoms with Crippen LogP contribution >= 0.6 is 0 Å². The molecule has 0 saturated carbocycles. The van der Waals surface area contributed by atoms with Crippen molar-refractivity contribution in [1.82, 2.24) is 0 Å². The summed E-state index contributed by atoms with van der Waals surface area (Å²) in [5.41, 5.74) is 2.45. The molecule has 0 bridgehead atoms. The molecule has 0 unspecified atom stereocenters. The molecule has 0 spiro atoms. The standard InChI is InChI=1S/C21H23N3O5/c1-13-11-14(6-8-17(13)24-10-4-5-19(24)25)22-20(26)21(27)23-16-12-15(28-2)7-9-18(16)29-3/h6-9,11-12H,4-5,10H2,1-3H3,(H,22,26)(H,23,27). The first kappa shape index (κ1) is 20.2. The number of nitrogens with zero attached hydrogens (tertiary/aromatic N) is 1. The van der Waals surface area contributed by atoms with E-state index in [1.807, 2.05) is 6.92 Å². The minimum Gasteiger partial charge on any atom is -0.497 e. The zero-order valence-electron chi connectivity index (χ0n) is 16.6. The second-order valence-corrected chi connectivity index (χ2v) is 6.62. The van der Waals surface area contributed by atoms with E-state index in [0.717, 1.165) is 17.7 Å². The van der Waals surface area contributed by atoms with Crippen LogP contribution in [0, 0.1) is 6.92 Å². The van der Waals surface area contributed by atoms with Crippen LogP contribution in [0.4, 0.5) is 17.1 Å². The molecular formula is C21H23N3O5. The molecule has 2 N–H and O–H groups in total. The average molecular weight is 397 g/mol. The van der Waals surface area contributed by atoms with Crippen LogP contribution in [0.3, 0.4) is 0 Å². The predicted octanol–water partition coefficient (Wildman–Crippen LogP) is 2.72. The van der Waals surface area contributed by atoms with E-state index in [9.17, 15) is 14.4 Å². The maximum absolute atomic E-state index is 12.3. The molecule has 8 heteroatoms. The van der Waals surface area contributed by atoms with Crippen LogP contribution in [0.15, 0.2) is 36.4 Å². The fourth-order valence-corrected chi connectivity index (χ4v) is 3.22. The molecule has 1 aliphatic rings. The Morgan fingerprint density at radius 1 is 1.00 bits per heavy atom. The minimum atomic E-state index is -0.840. The van der Waals surface area contributed by atoms with Crippen molar-refractivity contribution in [2.45, 2.75) is 19.8 Å². The molecule has 152 valence electrons. The van der Waals surface area contributed by atoms with Crippen LogP contribution < -0.4 is 25.0 Å². The molecule has 0 aliphatic carbocycles. The van der Waals surface area contributed by atoms with Crippen molar-refractivity contribution in [3.05, 3.63) is 42.0 Å². The highest BCUT2D eigenvalue weighted by Crippen LogP contribution is 2.29. The summed E-state index contributed by atoms with van der Waals surface area (Å²) in [6.45, 7) is 2.55. The number of aryl methyl sites for hydroxylation is 1. The number of rotatable bonds is 5. The van der Waals surface area contributed by atoms with Crippen LogP contribution in [0.5, 0.6) is 11.5 Å². The first-order valence-corrected chi connectivity index (χ1v) is 9.18. The van der Waals surface area contributed by atoms with Gasteiger partial charge in [-0.05, 0) is 49.2 Å². The van der Waals surface area contributed by atoms with Gasteiger partial charge < -0.3 is 25.0 Å². The van der Waals surface area contributed by atoms with Crippen LogP contribution in [0.2, 0.25) is 0 Å². The number of anilines is 3. The Kier molecular flexibility index (Phi) is 6.01. The topological polar surface area (TPSA) is 97.0 Å². The largest absolute Gasteiger partial charge is 0.497 e. The minimum absolute atomic E-state index is 0.0940. The van der Waals surface area contributed by atoms with Crippen molar-refractivity contribution in [3.63, 3.8) is 0 Å². The number of hydrogen-bond acceptors (Lipinski definition) is 5. The summed E-state index contributed by atoms with van der Waals surface area (Å²) < 4.78 is 10.3. The third kappa shape index (κ3) is 4.48. The Bertz CT molecular complexity index is 957. The first-order valence-electron chi connectivity index (χ1n) is 9.18.